The Bertz CT molecular complexity index is 629. The van der Waals surface area contributed by atoms with Crippen LogP contribution in [0.4, 0.5) is 17.6 Å². The predicted octanol–water partition coefficient (Wildman–Crippen LogP) is 9.26. The zero-order valence-corrected chi connectivity index (χ0v) is 19.6. The molecule has 0 saturated heterocycles. The topological polar surface area (TPSA) is 26.3 Å². The van der Waals surface area contributed by atoms with Gasteiger partial charge in [-0.25, -0.2) is 9.18 Å². The van der Waals surface area contributed by atoms with Crippen molar-refractivity contribution in [1.82, 2.24) is 0 Å². The summed E-state index contributed by atoms with van der Waals surface area (Å²) >= 11 is 0. The van der Waals surface area contributed by atoms with Gasteiger partial charge in [-0.1, -0.05) is 103 Å². The zero-order chi connectivity index (χ0) is 23.7. The Labute approximate surface area is 191 Å². The third-order valence-corrected chi connectivity index (χ3v) is 5.74. The van der Waals surface area contributed by atoms with Gasteiger partial charge in [0.1, 0.15) is 5.82 Å². The quantitative estimate of drug-likeness (QED) is 0.124. The molecule has 0 aromatic heterocycles. The molecule has 0 atom stereocenters. The van der Waals surface area contributed by atoms with Crippen LogP contribution in [0.15, 0.2) is 18.2 Å². The van der Waals surface area contributed by atoms with Gasteiger partial charge in [0.15, 0.2) is 0 Å². The lowest BCUT2D eigenvalue weighted by atomic mass is 10.0. The molecule has 0 bridgehead atoms. The number of carbonyl (C=O) groups is 1. The Hall–Kier alpha value is -1.59. The van der Waals surface area contributed by atoms with Gasteiger partial charge in [0, 0.05) is 0 Å². The Morgan fingerprint density at radius 3 is 1.62 bits per heavy atom. The average molecular weight is 461 g/mol. The van der Waals surface area contributed by atoms with E-state index >= 15 is 0 Å². The summed E-state index contributed by atoms with van der Waals surface area (Å²) in [6, 6.07) is 1.99. The van der Waals surface area contributed by atoms with Gasteiger partial charge in [0.2, 0.25) is 0 Å². The summed E-state index contributed by atoms with van der Waals surface area (Å²) in [6.45, 7) is 2.32. The van der Waals surface area contributed by atoms with Crippen LogP contribution in [-0.4, -0.2) is 12.6 Å². The van der Waals surface area contributed by atoms with Crippen LogP contribution in [0.5, 0.6) is 0 Å². The van der Waals surface area contributed by atoms with E-state index in [4.69, 9.17) is 4.74 Å². The van der Waals surface area contributed by atoms with Crippen LogP contribution in [0.1, 0.15) is 126 Å². The Morgan fingerprint density at radius 1 is 0.750 bits per heavy atom. The number of benzene rings is 1. The molecule has 1 aromatic carbocycles. The second-order valence-electron chi connectivity index (χ2n) is 8.63. The van der Waals surface area contributed by atoms with E-state index in [1.54, 1.807) is 0 Å². The number of unbranched alkanes of at least 4 members (excludes halogenated alkanes) is 15. The minimum Gasteiger partial charge on any atom is -0.462 e. The number of hydrogen-bond acceptors (Lipinski definition) is 2. The lowest BCUT2D eigenvalue weighted by Crippen LogP contribution is -2.16. The van der Waals surface area contributed by atoms with Crippen molar-refractivity contribution in [2.24, 2.45) is 0 Å². The SMILES string of the molecule is CCCCCCCCCCCCCCCCCCOC(=O)c1ccc(F)cc1C(F)(F)F. The summed E-state index contributed by atoms with van der Waals surface area (Å²) in [5.74, 6) is -2.09. The standard InChI is InChI=1S/C26H40F4O2/c1-2-3-4-5-6-7-8-9-10-11-12-13-14-15-16-17-20-32-25(31)23-19-18-22(27)21-24(23)26(28,29)30/h18-19,21H,2-17,20H2,1H3. The molecule has 0 unspecified atom stereocenters. The van der Waals surface area contributed by atoms with E-state index < -0.39 is 29.1 Å². The van der Waals surface area contributed by atoms with Gasteiger partial charge in [0.05, 0.1) is 17.7 Å². The minimum absolute atomic E-state index is 0.0753. The number of rotatable bonds is 18. The maximum Gasteiger partial charge on any atom is 0.417 e. The molecule has 0 fully saturated rings. The molecule has 184 valence electrons. The predicted molar refractivity (Wildman–Crippen MR) is 121 cm³/mol. The van der Waals surface area contributed by atoms with E-state index in [0.29, 0.717) is 12.5 Å². The summed E-state index contributed by atoms with van der Waals surface area (Å²) in [5, 5.41) is 0. The Morgan fingerprint density at radius 2 is 1.19 bits per heavy atom. The fourth-order valence-electron chi connectivity index (χ4n) is 3.82. The zero-order valence-electron chi connectivity index (χ0n) is 19.6. The van der Waals surface area contributed by atoms with Crippen molar-refractivity contribution in [3.63, 3.8) is 0 Å². The van der Waals surface area contributed by atoms with E-state index in [2.05, 4.69) is 6.92 Å². The third kappa shape index (κ3) is 13.1. The van der Waals surface area contributed by atoms with Crippen LogP contribution in [-0.2, 0) is 10.9 Å². The molecule has 32 heavy (non-hydrogen) atoms. The van der Waals surface area contributed by atoms with Crippen LogP contribution < -0.4 is 0 Å². The molecule has 0 spiro atoms. The molecule has 0 N–H and O–H groups in total. The minimum atomic E-state index is -4.80. The molecule has 1 rings (SSSR count). The summed E-state index contributed by atoms with van der Waals surface area (Å²) in [5.41, 5.74) is -1.94. The first kappa shape index (κ1) is 28.4. The van der Waals surface area contributed by atoms with E-state index in [9.17, 15) is 22.4 Å². The highest BCUT2D eigenvalue weighted by atomic mass is 19.4. The van der Waals surface area contributed by atoms with Crippen LogP contribution in [0.2, 0.25) is 0 Å². The van der Waals surface area contributed by atoms with Crippen molar-refractivity contribution in [2.75, 3.05) is 6.61 Å². The average Bonchev–Trinajstić information content (AvgIpc) is 2.75. The number of alkyl halides is 3. The number of esters is 1. The maximum atomic E-state index is 13.1. The van der Waals surface area contributed by atoms with Crippen molar-refractivity contribution in [3.8, 4) is 0 Å². The molecular formula is C26H40F4O2. The highest BCUT2D eigenvalue weighted by Crippen LogP contribution is 2.33. The molecule has 0 aliphatic rings. The van der Waals surface area contributed by atoms with Gasteiger partial charge in [-0.2, -0.15) is 13.2 Å². The molecular weight excluding hydrogens is 420 g/mol. The van der Waals surface area contributed by atoms with Crippen molar-refractivity contribution in [3.05, 3.63) is 35.1 Å². The fourth-order valence-corrected chi connectivity index (χ4v) is 3.82. The van der Waals surface area contributed by atoms with Gasteiger partial charge >= 0.3 is 12.1 Å². The number of ether oxygens (including phenoxy) is 1. The summed E-state index contributed by atoms with van der Waals surface area (Å²) in [6.07, 6.45) is 14.8. The lowest BCUT2D eigenvalue weighted by molar-refractivity contribution is -0.138. The monoisotopic (exact) mass is 460 g/mol. The first-order valence-corrected chi connectivity index (χ1v) is 12.4. The summed E-state index contributed by atoms with van der Waals surface area (Å²) < 4.78 is 57.0. The summed E-state index contributed by atoms with van der Waals surface area (Å²) in [7, 11) is 0. The molecule has 0 heterocycles. The second-order valence-corrected chi connectivity index (χ2v) is 8.63. The van der Waals surface area contributed by atoms with Crippen LogP contribution in [0.3, 0.4) is 0 Å². The van der Waals surface area contributed by atoms with Gasteiger partial charge in [-0.05, 0) is 24.6 Å². The van der Waals surface area contributed by atoms with E-state index in [1.165, 1.54) is 77.0 Å². The van der Waals surface area contributed by atoms with Crippen molar-refractivity contribution in [1.29, 1.82) is 0 Å². The largest absolute Gasteiger partial charge is 0.462 e. The van der Waals surface area contributed by atoms with Crippen molar-refractivity contribution >= 4 is 5.97 Å². The van der Waals surface area contributed by atoms with E-state index in [1.807, 2.05) is 0 Å². The number of hydrogen-bond donors (Lipinski definition) is 0. The molecule has 0 amide bonds. The fraction of sp³-hybridized carbons (Fsp3) is 0.731. The smallest absolute Gasteiger partial charge is 0.417 e. The molecule has 6 heteroatoms. The van der Waals surface area contributed by atoms with E-state index in [0.717, 1.165) is 31.4 Å². The van der Waals surface area contributed by atoms with E-state index in [-0.39, 0.29) is 6.61 Å². The molecule has 0 aliphatic heterocycles. The van der Waals surface area contributed by atoms with Crippen LogP contribution >= 0.6 is 0 Å². The third-order valence-electron chi connectivity index (χ3n) is 5.74. The van der Waals surface area contributed by atoms with Crippen molar-refractivity contribution < 1.29 is 27.1 Å². The maximum absolute atomic E-state index is 13.1. The molecule has 2 nitrogen and oxygen atoms in total. The van der Waals surface area contributed by atoms with Gasteiger partial charge in [-0.3, -0.25) is 0 Å². The normalized spacial score (nSPS) is 11.7. The Kier molecular flexibility index (Phi) is 15.1. The van der Waals surface area contributed by atoms with Gasteiger partial charge < -0.3 is 4.74 Å². The molecule has 0 saturated carbocycles. The van der Waals surface area contributed by atoms with Crippen LogP contribution in [0.25, 0.3) is 0 Å². The number of carbonyl (C=O) groups excluding carboxylic acids is 1. The van der Waals surface area contributed by atoms with Gasteiger partial charge in [-0.15, -0.1) is 0 Å². The highest BCUT2D eigenvalue weighted by Gasteiger charge is 2.36. The highest BCUT2D eigenvalue weighted by molar-refractivity contribution is 5.91. The van der Waals surface area contributed by atoms with Gasteiger partial charge in [0.25, 0.3) is 0 Å². The van der Waals surface area contributed by atoms with Crippen molar-refractivity contribution in [2.45, 2.75) is 116 Å². The molecule has 0 radical (unpaired) electrons. The first-order chi connectivity index (χ1) is 15.4. The molecule has 0 aliphatic carbocycles. The summed E-state index contributed by atoms with van der Waals surface area (Å²) in [4.78, 5) is 11.9. The lowest BCUT2D eigenvalue weighted by Gasteiger charge is -2.12. The molecule has 1 aromatic rings. The number of halogens is 4. The van der Waals surface area contributed by atoms with Crippen LogP contribution in [0, 0.1) is 5.82 Å². The second kappa shape index (κ2) is 17.0. The first-order valence-electron chi connectivity index (χ1n) is 12.4. The Balaban J connectivity index is 1.99.